The number of carbonyl (C=O) groups excluding carboxylic acids is 1. The van der Waals surface area contributed by atoms with Crippen LogP contribution in [0.4, 0.5) is 5.69 Å². The van der Waals surface area contributed by atoms with Gasteiger partial charge in [-0.3, -0.25) is 0 Å². The second kappa shape index (κ2) is 7.64. The summed E-state index contributed by atoms with van der Waals surface area (Å²) in [6.07, 6.45) is 0. The van der Waals surface area contributed by atoms with Gasteiger partial charge in [-0.1, -0.05) is 23.8 Å². The number of rotatable bonds is 4. The highest BCUT2D eigenvalue weighted by Crippen LogP contribution is 2.25. The van der Waals surface area contributed by atoms with E-state index in [1.807, 2.05) is 55.5 Å². The molecule has 4 aromatic rings. The second-order valence-corrected chi connectivity index (χ2v) is 6.67. The molecule has 0 amide bonds. The summed E-state index contributed by atoms with van der Waals surface area (Å²) in [7, 11) is 1.63. The normalized spacial score (nSPS) is 11.6. The van der Waals surface area contributed by atoms with Gasteiger partial charge in [0.25, 0.3) is 0 Å². The number of benzene rings is 3. The van der Waals surface area contributed by atoms with Crippen LogP contribution >= 0.6 is 0 Å². The van der Waals surface area contributed by atoms with E-state index in [-0.39, 0.29) is 5.56 Å². The Morgan fingerprint density at radius 3 is 2.34 bits per heavy atom. The maximum atomic E-state index is 11.0. The van der Waals surface area contributed by atoms with Gasteiger partial charge in [0.1, 0.15) is 17.1 Å². The summed E-state index contributed by atoms with van der Waals surface area (Å²) < 4.78 is 11.3. The van der Waals surface area contributed by atoms with E-state index in [0.717, 1.165) is 27.6 Å². The molecular weight excluding hydrogens is 366 g/mol. The van der Waals surface area contributed by atoms with Crippen LogP contribution in [0.2, 0.25) is 0 Å². The number of carboxylic acid groups (broad SMARTS) is 1. The SMILES string of the molecule is COc1ccc(-c2cc(=Nc3ccc(C(=O)[O-])cc3)c3cc(C)ccc3o2)cc1. The van der Waals surface area contributed by atoms with Gasteiger partial charge in [-0.2, -0.15) is 0 Å². The number of fused-ring (bicyclic) bond motifs is 1. The summed E-state index contributed by atoms with van der Waals surface area (Å²) in [4.78, 5) is 15.7. The molecule has 3 aromatic carbocycles. The average Bonchev–Trinajstić information content (AvgIpc) is 2.74. The number of nitrogens with zero attached hydrogens (tertiary/aromatic N) is 1. The van der Waals surface area contributed by atoms with Crippen molar-refractivity contribution in [3.05, 3.63) is 89.3 Å². The minimum Gasteiger partial charge on any atom is -0.545 e. The molecule has 4 rings (SSSR count). The molecule has 0 bridgehead atoms. The van der Waals surface area contributed by atoms with Gasteiger partial charge in [0.2, 0.25) is 0 Å². The molecule has 0 N–H and O–H groups in total. The van der Waals surface area contributed by atoms with Gasteiger partial charge < -0.3 is 19.1 Å². The smallest absolute Gasteiger partial charge is 0.136 e. The zero-order valence-corrected chi connectivity index (χ0v) is 16.0. The number of methoxy groups -OCH3 is 1. The number of hydrogen-bond donors (Lipinski definition) is 0. The third-order valence-corrected chi connectivity index (χ3v) is 4.63. The Hall–Kier alpha value is -3.86. The summed E-state index contributed by atoms with van der Waals surface area (Å²) in [6.45, 7) is 2.01. The third-order valence-electron chi connectivity index (χ3n) is 4.63. The number of ether oxygens (including phenoxy) is 1. The summed E-state index contributed by atoms with van der Waals surface area (Å²) in [6, 6.07) is 21.7. The fourth-order valence-corrected chi connectivity index (χ4v) is 3.08. The molecule has 5 nitrogen and oxygen atoms in total. The van der Waals surface area contributed by atoms with Crippen molar-refractivity contribution in [2.45, 2.75) is 6.92 Å². The van der Waals surface area contributed by atoms with E-state index < -0.39 is 5.97 Å². The minimum absolute atomic E-state index is 0.117. The van der Waals surface area contributed by atoms with Gasteiger partial charge in [-0.05, 0) is 61.0 Å². The Morgan fingerprint density at radius 1 is 0.966 bits per heavy atom. The van der Waals surface area contributed by atoms with Crippen LogP contribution in [0.15, 0.2) is 82.2 Å². The molecule has 144 valence electrons. The Balaban J connectivity index is 1.90. The van der Waals surface area contributed by atoms with E-state index in [4.69, 9.17) is 14.1 Å². The summed E-state index contributed by atoms with van der Waals surface area (Å²) in [5.74, 6) is 0.232. The number of hydrogen-bond acceptors (Lipinski definition) is 5. The molecule has 0 aliphatic heterocycles. The summed E-state index contributed by atoms with van der Waals surface area (Å²) in [5, 5.41) is 12.6. The van der Waals surface area contributed by atoms with Crippen LogP contribution in [0.1, 0.15) is 15.9 Å². The topological polar surface area (TPSA) is 74.9 Å². The van der Waals surface area contributed by atoms with Crippen molar-refractivity contribution in [2.75, 3.05) is 7.11 Å². The molecule has 0 unspecified atom stereocenters. The largest absolute Gasteiger partial charge is 0.545 e. The lowest BCUT2D eigenvalue weighted by atomic mass is 10.1. The molecule has 0 saturated carbocycles. The molecule has 1 aromatic heterocycles. The zero-order chi connectivity index (χ0) is 20.4. The molecule has 0 saturated heterocycles. The molecule has 5 heteroatoms. The maximum Gasteiger partial charge on any atom is 0.136 e. The lowest BCUT2D eigenvalue weighted by molar-refractivity contribution is -0.255. The average molecular weight is 384 g/mol. The van der Waals surface area contributed by atoms with E-state index in [0.29, 0.717) is 17.0 Å². The monoisotopic (exact) mass is 384 g/mol. The zero-order valence-electron chi connectivity index (χ0n) is 16.0. The van der Waals surface area contributed by atoms with Crippen LogP contribution in [0.25, 0.3) is 22.3 Å². The van der Waals surface area contributed by atoms with Crippen LogP contribution in [-0.4, -0.2) is 13.1 Å². The van der Waals surface area contributed by atoms with Gasteiger partial charge in [0.05, 0.1) is 24.1 Å². The number of aryl methyl sites for hydroxylation is 1. The molecular formula is C24H18NO4-. The number of carboxylic acids is 1. The number of carbonyl (C=O) groups is 1. The van der Waals surface area contributed by atoms with Crippen molar-refractivity contribution < 1.29 is 19.1 Å². The highest BCUT2D eigenvalue weighted by molar-refractivity contribution is 5.86. The molecule has 0 fully saturated rings. The van der Waals surface area contributed by atoms with Crippen LogP contribution < -0.4 is 15.2 Å². The molecule has 0 aliphatic rings. The van der Waals surface area contributed by atoms with Crippen molar-refractivity contribution >= 4 is 22.6 Å². The second-order valence-electron chi connectivity index (χ2n) is 6.67. The van der Waals surface area contributed by atoms with Crippen molar-refractivity contribution in [3.8, 4) is 17.1 Å². The molecule has 1 heterocycles. The minimum atomic E-state index is -1.21. The van der Waals surface area contributed by atoms with Gasteiger partial charge in [0, 0.05) is 17.0 Å². The Labute approximate surface area is 167 Å². The van der Waals surface area contributed by atoms with Gasteiger partial charge in [-0.25, -0.2) is 4.99 Å². The Kier molecular flexibility index (Phi) is 4.87. The first-order valence-corrected chi connectivity index (χ1v) is 9.08. The van der Waals surface area contributed by atoms with Crippen LogP contribution in [-0.2, 0) is 0 Å². The quantitative estimate of drug-likeness (QED) is 0.533. The summed E-state index contributed by atoms with van der Waals surface area (Å²) in [5.41, 5.74) is 3.47. The standard InChI is InChI=1S/C24H19NO4/c1-15-3-12-22-20(13-15)21(25-18-8-4-17(5-9-18)24(26)27)14-23(29-22)16-6-10-19(28-2)11-7-16/h3-14H,1-2H3,(H,26,27)/p-1. The van der Waals surface area contributed by atoms with E-state index >= 15 is 0 Å². The van der Waals surface area contributed by atoms with E-state index in [1.165, 1.54) is 12.1 Å². The Morgan fingerprint density at radius 2 is 1.69 bits per heavy atom. The molecule has 0 aliphatic carbocycles. The van der Waals surface area contributed by atoms with Crippen LogP contribution in [0, 0.1) is 6.92 Å². The first-order chi connectivity index (χ1) is 14.0. The third kappa shape index (κ3) is 3.89. The van der Waals surface area contributed by atoms with Gasteiger partial charge in [0.15, 0.2) is 0 Å². The van der Waals surface area contributed by atoms with Crippen molar-refractivity contribution in [1.29, 1.82) is 0 Å². The van der Waals surface area contributed by atoms with E-state index in [1.54, 1.807) is 19.2 Å². The maximum absolute atomic E-state index is 11.0. The van der Waals surface area contributed by atoms with Crippen molar-refractivity contribution in [2.24, 2.45) is 4.99 Å². The van der Waals surface area contributed by atoms with Gasteiger partial charge >= 0.3 is 0 Å². The lowest BCUT2D eigenvalue weighted by Gasteiger charge is -2.07. The lowest BCUT2D eigenvalue weighted by Crippen LogP contribution is -2.21. The summed E-state index contributed by atoms with van der Waals surface area (Å²) >= 11 is 0. The van der Waals surface area contributed by atoms with Crippen LogP contribution in [0.5, 0.6) is 5.75 Å². The predicted octanol–water partition coefficient (Wildman–Crippen LogP) is 4.01. The molecule has 0 atom stereocenters. The first-order valence-electron chi connectivity index (χ1n) is 9.08. The van der Waals surface area contributed by atoms with Gasteiger partial charge in [-0.15, -0.1) is 0 Å². The Bertz CT molecular complexity index is 1250. The van der Waals surface area contributed by atoms with E-state index in [9.17, 15) is 9.90 Å². The number of aromatic carboxylic acids is 1. The fourth-order valence-electron chi connectivity index (χ4n) is 3.08. The highest BCUT2D eigenvalue weighted by Gasteiger charge is 2.07. The van der Waals surface area contributed by atoms with E-state index in [2.05, 4.69) is 0 Å². The first kappa shape index (κ1) is 18.5. The molecule has 29 heavy (non-hydrogen) atoms. The van der Waals surface area contributed by atoms with Crippen molar-refractivity contribution in [1.82, 2.24) is 0 Å². The predicted molar refractivity (Wildman–Crippen MR) is 109 cm³/mol. The van der Waals surface area contributed by atoms with Crippen LogP contribution in [0.3, 0.4) is 0 Å². The highest BCUT2D eigenvalue weighted by atomic mass is 16.5. The van der Waals surface area contributed by atoms with Crippen molar-refractivity contribution in [3.63, 3.8) is 0 Å². The molecule has 0 spiro atoms. The fraction of sp³-hybridized carbons (Fsp3) is 0.0833. The molecule has 0 radical (unpaired) electrons.